The fraction of sp³-hybridized carbons (Fsp3) is 0.818. The fourth-order valence-electron chi connectivity index (χ4n) is 1.44. The molecule has 0 saturated carbocycles. The van der Waals surface area contributed by atoms with Crippen LogP contribution in [0.2, 0.25) is 0 Å². The molecule has 5 nitrogen and oxygen atoms in total. The van der Waals surface area contributed by atoms with E-state index in [1.165, 1.54) is 0 Å². The molecule has 1 unspecified atom stereocenters. The number of hydrogen-bond donors (Lipinski definition) is 1. The van der Waals surface area contributed by atoms with Gasteiger partial charge >= 0.3 is 0 Å². The summed E-state index contributed by atoms with van der Waals surface area (Å²) in [6.45, 7) is 8.37. The first-order valence-corrected chi connectivity index (χ1v) is 5.52. The SMILES string of the molecule is CC1CN(C(N)=NCC(C)(C)C#N)CCO1.I. The van der Waals surface area contributed by atoms with E-state index < -0.39 is 5.41 Å². The minimum Gasteiger partial charge on any atom is -0.375 e. The third-order valence-electron chi connectivity index (χ3n) is 2.50. The predicted molar refractivity (Wildman–Crippen MR) is 78.3 cm³/mol. The summed E-state index contributed by atoms with van der Waals surface area (Å²) in [5, 5.41) is 8.87. The summed E-state index contributed by atoms with van der Waals surface area (Å²) < 4.78 is 5.42. The lowest BCUT2D eigenvalue weighted by Gasteiger charge is -2.32. The Morgan fingerprint density at radius 3 is 2.82 bits per heavy atom. The Labute approximate surface area is 120 Å². The molecule has 1 atom stereocenters. The molecule has 0 aromatic carbocycles. The summed E-state index contributed by atoms with van der Waals surface area (Å²) in [7, 11) is 0. The molecule has 0 aromatic heterocycles. The number of nitrogens with two attached hydrogens (primary N) is 1. The maximum Gasteiger partial charge on any atom is 0.191 e. The highest BCUT2D eigenvalue weighted by Gasteiger charge is 2.20. The van der Waals surface area contributed by atoms with Crippen molar-refractivity contribution in [2.45, 2.75) is 26.9 Å². The molecule has 0 bridgehead atoms. The van der Waals surface area contributed by atoms with Crippen molar-refractivity contribution in [3.8, 4) is 6.07 Å². The molecule has 1 fully saturated rings. The predicted octanol–water partition coefficient (Wildman–Crippen LogP) is 1.19. The molecule has 2 N–H and O–H groups in total. The Morgan fingerprint density at radius 2 is 2.29 bits per heavy atom. The van der Waals surface area contributed by atoms with Crippen LogP contribution < -0.4 is 5.73 Å². The van der Waals surface area contributed by atoms with E-state index in [4.69, 9.17) is 15.7 Å². The zero-order chi connectivity index (χ0) is 12.2. The van der Waals surface area contributed by atoms with Crippen LogP contribution in [-0.2, 0) is 4.74 Å². The van der Waals surface area contributed by atoms with Crippen molar-refractivity contribution < 1.29 is 4.74 Å². The second kappa shape index (κ2) is 7.01. The molecule has 0 aliphatic carbocycles. The van der Waals surface area contributed by atoms with Gasteiger partial charge in [0.15, 0.2) is 5.96 Å². The summed E-state index contributed by atoms with van der Waals surface area (Å²) in [5.41, 5.74) is 5.43. The Bertz CT molecular complexity index is 311. The molecule has 1 saturated heterocycles. The maximum atomic E-state index is 8.87. The van der Waals surface area contributed by atoms with Gasteiger partial charge in [0.2, 0.25) is 0 Å². The Morgan fingerprint density at radius 1 is 1.65 bits per heavy atom. The third kappa shape index (κ3) is 5.55. The second-order valence-corrected chi connectivity index (χ2v) is 4.80. The van der Waals surface area contributed by atoms with Crippen LogP contribution in [0.5, 0.6) is 0 Å². The number of rotatable bonds is 2. The summed E-state index contributed by atoms with van der Waals surface area (Å²) in [4.78, 5) is 6.27. The van der Waals surface area contributed by atoms with Crippen molar-refractivity contribution in [3.63, 3.8) is 0 Å². The molecule has 17 heavy (non-hydrogen) atoms. The van der Waals surface area contributed by atoms with Crippen molar-refractivity contribution in [2.24, 2.45) is 16.1 Å². The first kappa shape index (κ1) is 16.4. The van der Waals surface area contributed by atoms with E-state index in [-0.39, 0.29) is 30.1 Å². The van der Waals surface area contributed by atoms with Crippen LogP contribution in [0.3, 0.4) is 0 Å². The van der Waals surface area contributed by atoms with Gasteiger partial charge in [-0.25, -0.2) is 0 Å². The summed E-state index contributed by atoms with van der Waals surface area (Å²) in [5.74, 6) is 0.512. The molecular formula is C11H21IN4O. The zero-order valence-electron chi connectivity index (χ0n) is 10.6. The number of morpholine rings is 1. The summed E-state index contributed by atoms with van der Waals surface area (Å²) in [6.07, 6.45) is 0.187. The van der Waals surface area contributed by atoms with Gasteiger partial charge in [0, 0.05) is 13.1 Å². The molecule has 1 aliphatic heterocycles. The molecule has 1 rings (SSSR count). The third-order valence-corrected chi connectivity index (χ3v) is 2.50. The van der Waals surface area contributed by atoms with Crippen LogP contribution in [-0.4, -0.2) is 43.2 Å². The van der Waals surface area contributed by atoms with Crippen molar-refractivity contribution in [1.82, 2.24) is 4.90 Å². The highest BCUT2D eigenvalue weighted by atomic mass is 127. The van der Waals surface area contributed by atoms with Crippen LogP contribution in [0.15, 0.2) is 4.99 Å². The fourth-order valence-corrected chi connectivity index (χ4v) is 1.44. The highest BCUT2D eigenvalue weighted by molar-refractivity contribution is 14.0. The minimum absolute atomic E-state index is 0. The standard InChI is InChI=1S/C11H20N4O.HI/c1-9-6-15(4-5-16-9)10(13)14-8-11(2,3)7-12;/h9H,4-6,8H2,1-3H3,(H2,13,14);1H. The van der Waals surface area contributed by atoms with E-state index in [0.29, 0.717) is 19.1 Å². The van der Waals surface area contributed by atoms with Crippen molar-refractivity contribution in [2.75, 3.05) is 26.2 Å². The van der Waals surface area contributed by atoms with Gasteiger partial charge in [-0.05, 0) is 20.8 Å². The normalized spacial score (nSPS) is 21.6. The van der Waals surface area contributed by atoms with Gasteiger partial charge in [-0.15, -0.1) is 24.0 Å². The molecule has 0 spiro atoms. The lowest BCUT2D eigenvalue weighted by molar-refractivity contribution is 0.00526. The monoisotopic (exact) mass is 352 g/mol. The van der Waals surface area contributed by atoms with E-state index in [1.54, 1.807) is 0 Å². The van der Waals surface area contributed by atoms with Gasteiger partial charge in [-0.2, -0.15) is 5.26 Å². The first-order valence-electron chi connectivity index (χ1n) is 5.52. The van der Waals surface area contributed by atoms with Gasteiger partial charge in [0.05, 0.1) is 30.7 Å². The highest BCUT2D eigenvalue weighted by Crippen LogP contribution is 2.13. The van der Waals surface area contributed by atoms with Gasteiger partial charge in [-0.1, -0.05) is 0 Å². The van der Waals surface area contributed by atoms with Gasteiger partial charge in [0.25, 0.3) is 0 Å². The smallest absolute Gasteiger partial charge is 0.191 e. The molecular weight excluding hydrogens is 331 g/mol. The minimum atomic E-state index is -0.456. The maximum absolute atomic E-state index is 8.87. The van der Waals surface area contributed by atoms with Crippen LogP contribution in [0.4, 0.5) is 0 Å². The Hall–Kier alpha value is -0.550. The van der Waals surface area contributed by atoms with E-state index in [1.807, 2.05) is 25.7 Å². The van der Waals surface area contributed by atoms with Crippen molar-refractivity contribution >= 4 is 29.9 Å². The van der Waals surface area contributed by atoms with E-state index >= 15 is 0 Å². The second-order valence-electron chi connectivity index (χ2n) is 4.80. The van der Waals surface area contributed by atoms with Crippen LogP contribution >= 0.6 is 24.0 Å². The lowest BCUT2D eigenvalue weighted by Crippen LogP contribution is -2.48. The molecule has 0 amide bonds. The lowest BCUT2D eigenvalue weighted by atomic mass is 9.96. The number of nitrogens with zero attached hydrogens (tertiary/aromatic N) is 3. The van der Waals surface area contributed by atoms with Crippen molar-refractivity contribution in [3.05, 3.63) is 0 Å². The van der Waals surface area contributed by atoms with Crippen LogP contribution in [0, 0.1) is 16.7 Å². The van der Waals surface area contributed by atoms with E-state index in [9.17, 15) is 0 Å². The van der Waals surface area contributed by atoms with Crippen molar-refractivity contribution in [1.29, 1.82) is 5.26 Å². The number of nitriles is 1. The molecule has 0 aromatic rings. The molecule has 0 radical (unpaired) electrons. The Kier molecular flexibility index (Phi) is 6.78. The summed E-state index contributed by atoms with van der Waals surface area (Å²) >= 11 is 0. The van der Waals surface area contributed by atoms with E-state index in [2.05, 4.69) is 11.1 Å². The summed E-state index contributed by atoms with van der Waals surface area (Å²) in [6, 6.07) is 2.20. The number of aliphatic imine (C=N–C) groups is 1. The van der Waals surface area contributed by atoms with Crippen LogP contribution in [0.25, 0.3) is 0 Å². The molecule has 1 aliphatic rings. The quantitative estimate of drug-likeness (QED) is 0.460. The average Bonchev–Trinajstić information content (AvgIpc) is 2.26. The molecule has 6 heteroatoms. The molecule has 98 valence electrons. The molecule has 1 heterocycles. The number of halogens is 1. The van der Waals surface area contributed by atoms with Gasteiger partial charge in [0.1, 0.15) is 0 Å². The topological polar surface area (TPSA) is 74.6 Å². The average molecular weight is 352 g/mol. The zero-order valence-corrected chi connectivity index (χ0v) is 13.0. The largest absolute Gasteiger partial charge is 0.375 e. The van der Waals surface area contributed by atoms with Crippen LogP contribution in [0.1, 0.15) is 20.8 Å². The van der Waals surface area contributed by atoms with Gasteiger partial charge in [-0.3, -0.25) is 4.99 Å². The first-order chi connectivity index (χ1) is 7.44. The number of hydrogen-bond acceptors (Lipinski definition) is 3. The van der Waals surface area contributed by atoms with Gasteiger partial charge < -0.3 is 15.4 Å². The number of ether oxygens (including phenoxy) is 1. The van der Waals surface area contributed by atoms with E-state index in [0.717, 1.165) is 13.1 Å². The number of guanidine groups is 1. The Balaban J connectivity index is 0.00000256.